The molecule has 29 heavy (non-hydrogen) atoms. The number of aromatic nitrogens is 1. The number of hydrogen-bond acceptors (Lipinski definition) is 6. The number of rotatable bonds is 6. The van der Waals surface area contributed by atoms with Crippen LogP contribution in [-0.2, 0) is 29.0 Å². The van der Waals surface area contributed by atoms with Crippen LogP contribution in [0.3, 0.4) is 0 Å². The van der Waals surface area contributed by atoms with Crippen molar-refractivity contribution in [3.63, 3.8) is 0 Å². The Bertz CT molecular complexity index is 950. The average Bonchev–Trinajstić information content (AvgIpc) is 2.75. The zero-order chi connectivity index (χ0) is 21.1. The number of pyridine rings is 1. The third-order valence-electron chi connectivity index (χ3n) is 4.88. The molecule has 0 fully saturated rings. The molecule has 1 aromatic carbocycles. The van der Waals surface area contributed by atoms with Gasteiger partial charge in [0.15, 0.2) is 18.6 Å². The van der Waals surface area contributed by atoms with Crippen LogP contribution in [0.5, 0.6) is 11.5 Å². The quantitative estimate of drug-likeness (QED) is 0.524. The number of carbonyl (C=O) groups excluding carboxylic acids is 1. The van der Waals surface area contributed by atoms with Crippen molar-refractivity contribution in [2.24, 2.45) is 0 Å². The number of aryl methyl sites for hydroxylation is 1. The van der Waals surface area contributed by atoms with Gasteiger partial charge in [-0.1, -0.05) is 23.2 Å². The van der Waals surface area contributed by atoms with E-state index in [9.17, 15) is 19.9 Å². The van der Waals surface area contributed by atoms with Crippen LogP contribution in [0.25, 0.3) is 0 Å². The zero-order valence-electron chi connectivity index (χ0n) is 15.7. The molecule has 0 spiro atoms. The number of hydrogen-bond donors (Lipinski definition) is 2. The number of carbonyl (C=O) groups is 1. The van der Waals surface area contributed by atoms with Gasteiger partial charge in [-0.25, -0.2) is 4.84 Å². The Morgan fingerprint density at radius 3 is 2.55 bits per heavy atom. The summed E-state index contributed by atoms with van der Waals surface area (Å²) in [5.41, 5.74) is 2.28. The molecule has 0 unspecified atom stereocenters. The van der Waals surface area contributed by atoms with Crippen molar-refractivity contribution in [3.05, 3.63) is 50.1 Å². The van der Waals surface area contributed by atoms with Crippen LogP contribution in [0.1, 0.15) is 29.7 Å². The highest BCUT2D eigenvalue weighted by molar-refractivity contribution is 6.36. The summed E-state index contributed by atoms with van der Waals surface area (Å²) in [6.45, 7) is 0.680. The molecule has 1 aliphatic rings. The van der Waals surface area contributed by atoms with Crippen molar-refractivity contribution in [1.29, 1.82) is 0 Å². The van der Waals surface area contributed by atoms with Crippen molar-refractivity contribution in [2.45, 2.75) is 32.2 Å². The van der Waals surface area contributed by atoms with E-state index >= 15 is 0 Å². The van der Waals surface area contributed by atoms with Gasteiger partial charge in [0.1, 0.15) is 6.20 Å². The first-order valence-corrected chi connectivity index (χ1v) is 9.73. The molecule has 0 bridgehead atoms. The number of nitrogens with zero attached hydrogens (tertiary/aromatic N) is 3. The first kappa shape index (κ1) is 21.1. The van der Waals surface area contributed by atoms with Crippen molar-refractivity contribution < 1.29 is 24.8 Å². The van der Waals surface area contributed by atoms with Crippen LogP contribution in [0, 0.1) is 4.91 Å². The van der Waals surface area contributed by atoms with Crippen molar-refractivity contribution >= 4 is 34.8 Å². The van der Waals surface area contributed by atoms with Crippen LogP contribution in [0.2, 0.25) is 10.0 Å². The smallest absolute Gasteiger partial charge is 0.334 e. The summed E-state index contributed by atoms with van der Waals surface area (Å²) in [6, 6.07) is 3.33. The second-order valence-electron chi connectivity index (χ2n) is 6.65. The Morgan fingerprint density at radius 1 is 1.24 bits per heavy atom. The number of benzene rings is 1. The largest absolute Gasteiger partial charge is 0.503 e. The standard InChI is InChI=1S/C19H19Cl2N3O5/c1-29-24(28)12-6-5-11(22-9-12)3-2-4-15(25)23-8-7-13-14(10-23)17(21)19(27)18(26)16(13)20/h5-6,9H,2-4,7-8,10H2,1H3,(H-,26,27)/p+1. The van der Waals surface area contributed by atoms with Gasteiger partial charge in [0, 0.05) is 31.3 Å². The number of aromatic hydroxyl groups is 2. The van der Waals surface area contributed by atoms with E-state index in [4.69, 9.17) is 23.2 Å². The SMILES string of the molecule is CO[N+](=O)c1ccc(CCCC(=O)N2CCc3c(Cl)c(O)c(O)c(Cl)c3C2)nc1. The molecule has 0 saturated heterocycles. The van der Waals surface area contributed by atoms with Crippen LogP contribution < -0.4 is 0 Å². The summed E-state index contributed by atoms with van der Waals surface area (Å²) in [5.74, 6) is -0.944. The Kier molecular flexibility index (Phi) is 6.44. The molecule has 3 rings (SSSR count). The minimum atomic E-state index is -0.468. The zero-order valence-corrected chi connectivity index (χ0v) is 17.2. The number of amides is 1. The highest BCUT2D eigenvalue weighted by Gasteiger charge is 2.28. The summed E-state index contributed by atoms with van der Waals surface area (Å²) in [5, 5.41) is 19.8. The molecule has 1 aliphatic heterocycles. The topological polar surface area (TPSA) is 103 Å². The minimum Gasteiger partial charge on any atom is -0.503 e. The van der Waals surface area contributed by atoms with Gasteiger partial charge < -0.3 is 15.1 Å². The lowest BCUT2D eigenvalue weighted by Gasteiger charge is -2.30. The van der Waals surface area contributed by atoms with Gasteiger partial charge >= 0.3 is 5.69 Å². The molecule has 0 aliphatic carbocycles. The van der Waals surface area contributed by atoms with Crippen LogP contribution >= 0.6 is 23.2 Å². The average molecular weight is 441 g/mol. The Hall–Kier alpha value is -2.58. The minimum absolute atomic E-state index is 0.0205. The highest BCUT2D eigenvalue weighted by atomic mass is 35.5. The highest BCUT2D eigenvalue weighted by Crippen LogP contribution is 2.46. The van der Waals surface area contributed by atoms with Crippen molar-refractivity contribution in [3.8, 4) is 11.5 Å². The van der Waals surface area contributed by atoms with Gasteiger partial charge in [-0.05, 0) is 36.5 Å². The normalized spacial score (nSPS) is 13.1. The first-order chi connectivity index (χ1) is 13.8. The summed E-state index contributed by atoms with van der Waals surface area (Å²) < 4.78 is 0. The van der Waals surface area contributed by atoms with E-state index in [0.717, 1.165) is 5.69 Å². The van der Waals surface area contributed by atoms with Crippen molar-refractivity contribution in [2.75, 3.05) is 13.7 Å². The lowest BCUT2D eigenvalue weighted by molar-refractivity contribution is -0.736. The Labute approximate surface area is 177 Å². The summed E-state index contributed by atoms with van der Waals surface area (Å²) in [7, 11) is 1.27. The molecule has 0 radical (unpaired) electrons. The number of phenols is 2. The van der Waals surface area contributed by atoms with Crippen LogP contribution in [-0.4, -0.2) is 44.6 Å². The van der Waals surface area contributed by atoms with Crippen LogP contribution in [0.4, 0.5) is 5.69 Å². The predicted molar refractivity (Wildman–Crippen MR) is 106 cm³/mol. The lowest BCUT2D eigenvalue weighted by Crippen LogP contribution is -2.36. The maximum atomic E-state index is 12.6. The van der Waals surface area contributed by atoms with E-state index in [1.54, 1.807) is 17.0 Å². The maximum Gasteiger partial charge on any atom is 0.334 e. The second kappa shape index (κ2) is 8.84. The monoisotopic (exact) mass is 440 g/mol. The summed E-state index contributed by atoms with van der Waals surface area (Å²) >= 11 is 12.2. The maximum absolute atomic E-state index is 12.6. The number of phenolic OH excluding ortho intramolecular Hbond substituents is 2. The van der Waals surface area contributed by atoms with Crippen LogP contribution in [0.15, 0.2) is 18.3 Å². The summed E-state index contributed by atoms with van der Waals surface area (Å²) in [6.07, 6.45) is 3.36. The van der Waals surface area contributed by atoms with Gasteiger partial charge in [0.2, 0.25) is 5.91 Å². The third-order valence-corrected chi connectivity index (χ3v) is 5.69. The Balaban J connectivity index is 1.58. The van der Waals surface area contributed by atoms with E-state index < -0.39 is 11.5 Å². The third kappa shape index (κ3) is 4.38. The molecule has 2 N–H and O–H groups in total. The molecule has 2 aromatic rings. The number of halogens is 2. The van der Waals surface area contributed by atoms with E-state index in [1.807, 2.05) is 0 Å². The van der Waals surface area contributed by atoms with Gasteiger partial charge in [0.25, 0.3) is 4.92 Å². The number of fused-ring (bicyclic) bond motifs is 1. The van der Waals surface area contributed by atoms with E-state index in [2.05, 4.69) is 9.82 Å². The molecule has 0 saturated carbocycles. The molecule has 1 amide bonds. The fourth-order valence-electron chi connectivity index (χ4n) is 3.27. The fraction of sp³-hybridized carbons (Fsp3) is 0.368. The molecular weight excluding hydrogens is 421 g/mol. The molecule has 154 valence electrons. The van der Waals surface area contributed by atoms with Gasteiger partial charge in [-0.15, -0.1) is 0 Å². The van der Waals surface area contributed by atoms with E-state index in [1.165, 1.54) is 13.3 Å². The molecule has 8 nitrogen and oxygen atoms in total. The first-order valence-electron chi connectivity index (χ1n) is 8.98. The van der Waals surface area contributed by atoms with Gasteiger partial charge in [-0.2, -0.15) is 0 Å². The lowest BCUT2D eigenvalue weighted by atomic mass is 9.98. The Morgan fingerprint density at radius 2 is 1.93 bits per heavy atom. The molecular formula is C19H20Cl2N3O5+. The summed E-state index contributed by atoms with van der Waals surface area (Å²) in [4.78, 5) is 34.7. The fourth-order valence-corrected chi connectivity index (χ4v) is 3.83. The second-order valence-corrected chi connectivity index (χ2v) is 7.40. The molecule has 10 heteroatoms. The van der Waals surface area contributed by atoms with Gasteiger partial charge in [0.05, 0.1) is 15.0 Å². The van der Waals surface area contributed by atoms with E-state index in [0.29, 0.717) is 54.0 Å². The van der Waals surface area contributed by atoms with Crippen molar-refractivity contribution in [1.82, 2.24) is 9.88 Å². The van der Waals surface area contributed by atoms with Gasteiger partial charge in [-0.3, -0.25) is 9.78 Å². The molecule has 0 atom stereocenters. The molecule has 2 heterocycles. The molecule has 1 aromatic heterocycles. The van der Waals surface area contributed by atoms with E-state index in [-0.39, 0.29) is 22.5 Å². The predicted octanol–water partition coefficient (Wildman–Crippen LogP) is 3.68.